The number of nitrogen functional groups attached to an aromatic ring is 1. The van der Waals surface area contributed by atoms with Crippen molar-refractivity contribution in [3.8, 4) is 0 Å². The molecular weight excluding hydrogens is 332 g/mol. The van der Waals surface area contributed by atoms with Crippen LogP contribution in [0.1, 0.15) is 16.6 Å². The van der Waals surface area contributed by atoms with Gasteiger partial charge in [-0.1, -0.05) is 41.7 Å². The number of carbonyl (C=O) groups is 3. The number of amides is 4. The molecule has 24 heavy (non-hydrogen) atoms. The summed E-state index contributed by atoms with van der Waals surface area (Å²) in [6.45, 7) is -0.358. The van der Waals surface area contributed by atoms with Gasteiger partial charge in [0.05, 0.1) is 0 Å². The maximum Gasteiger partial charge on any atom is 0.325 e. The van der Waals surface area contributed by atoms with Gasteiger partial charge in [-0.05, 0) is 5.56 Å². The van der Waals surface area contributed by atoms with Crippen molar-refractivity contribution < 1.29 is 14.4 Å². The van der Waals surface area contributed by atoms with E-state index in [9.17, 15) is 14.4 Å². The van der Waals surface area contributed by atoms with Crippen LogP contribution < -0.4 is 16.4 Å². The van der Waals surface area contributed by atoms with Crippen LogP contribution in [0.3, 0.4) is 0 Å². The number of hydrogen-bond acceptors (Lipinski definition) is 7. The molecule has 9 nitrogen and oxygen atoms in total. The first kappa shape index (κ1) is 15.9. The number of hydrogen-bond donors (Lipinski definition) is 3. The second-order valence-corrected chi connectivity index (χ2v) is 6.14. The van der Waals surface area contributed by atoms with E-state index in [0.717, 1.165) is 10.5 Å². The average Bonchev–Trinajstić information content (AvgIpc) is 3.11. The fourth-order valence-corrected chi connectivity index (χ4v) is 2.98. The Kier molecular flexibility index (Phi) is 4.38. The molecule has 0 bridgehead atoms. The predicted octanol–water partition coefficient (Wildman–Crippen LogP) is -0.122. The Labute approximate surface area is 140 Å². The number of nitrogens with one attached hydrogen (secondary N) is 2. The van der Waals surface area contributed by atoms with Gasteiger partial charge in [0.1, 0.15) is 24.1 Å². The van der Waals surface area contributed by atoms with E-state index in [0.29, 0.717) is 10.1 Å². The first-order valence-corrected chi connectivity index (χ1v) is 7.86. The van der Waals surface area contributed by atoms with Gasteiger partial charge in [0.15, 0.2) is 0 Å². The zero-order valence-corrected chi connectivity index (χ0v) is 13.2. The van der Waals surface area contributed by atoms with Crippen molar-refractivity contribution in [3.63, 3.8) is 0 Å². The third-order valence-electron chi connectivity index (χ3n) is 3.34. The average molecular weight is 346 g/mol. The number of anilines is 1. The maximum atomic E-state index is 12.3. The fourth-order valence-electron chi connectivity index (χ4n) is 2.29. The SMILES string of the molecule is Nc1nnc([C@H](NC(=O)CN2CC(=O)NC2=O)c2ccccc2)s1. The van der Waals surface area contributed by atoms with Crippen LogP contribution in [0.5, 0.6) is 0 Å². The molecule has 4 amide bonds. The second kappa shape index (κ2) is 6.62. The van der Waals surface area contributed by atoms with Crippen LogP contribution in [0, 0.1) is 0 Å². The van der Waals surface area contributed by atoms with Gasteiger partial charge in [0.2, 0.25) is 16.9 Å². The quantitative estimate of drug-likeness (QED) is 0.647. The van der Waals surface area contributed by atoms with Crippen molar-refractivity contribution >= 4 is 34.3 Å². The van der Waals surface area contributed by atoms with E-state index in [1.807, 2.05) is 30.3 Å². The van der Waals surface area contributed by atoms with Crippen LogP contribution in [0.2, 0.25) is 0 Å². The van der Waals surface area contributed by atoms with Crippen LogP contribution in [-0.4, -0.2) is 46.0 Å². The number of benzene rings is 1. The van der Waals surface area contributed by atoms with Crippen LogP contribution in [0.4, 0.5) is 9.93 Å². The zero-order chi connectivity index (χ0) is 17.1. The lowest BCUT2D eigenvalue weighted by Crippen LogP contribution is -2.40. The molecule has 1 aromatic heterocycles. The van der Waals surface area contributed by atoms with E-state index in [1.54, 1.807) is 0 Å². The molecule has 1 atom stereocenters. The Balaban J connectivity index is 1.76. The Hall–Kier alpha value is -3.01. The van der Waals surface area contributed by atoms with Gasteiger partial charge in [-0.3, -0.25) is 14.9 Å². The van der Waals surface area contributed by atoms with Gasteiger partial charge < -0.3 is 16.0 Å². The number of aromatic nitrogens is 2. The first-order chi connectivity index (χ1) is 11.5. The Morgan fingerprint density at radius 3 is 2.67 bits per heavy atom. The molecule has 1 aliphatic heterocycles. The van der Waals surface area contributed by atoms with Crippen molar-refractivity contribution in [3.05, 3.63) is 40.9 Å². The summed E-state index contributed by atoms with van der Waals surface area (Å²) in [5.41, 5.74) is 6.43. The smallest absolute Gasteiger partial charge is 0.325 e. The summed E-state index contributed by atoms with van der Waals surface area (Å²) in [5, 5.41) is 13.5. The van der Waals surface area contributed by atoms with Crippen molar-refractivity contribution in [2.24, 2.45) is 0 Å². The van der Waals surface area contributed by atoms with Gasteiger partial charge in [-0.15, -0.1) is 10.2 Å². The topological polar surface area (TPSA) is 130 Å². The third kappa shape index (κ3) is 3.49. The lowest BCUT2D eigenvalue weighted by Gasteiger charge is -2.19. The van der Waals surface area contributed by atoms with E-state index in [-0.39, 0.29) is 13.1 Å². The molecule has 1 fully saturated rings. The fraction of sp³-hybridized carbons (Fsp3) is 0.214. The minimum absolute atomic E-state index is 0.131. The van der Waals surface area contributed by atoms with E-state index < -0.39 is 23.9 Å². The summed E-state index contributed by atoms with van der Waals surface area (Å²) in [7, 11) is 0. The van der Waals surface area contributed by atoms with Gasteiger partial charge >= 0.3 is 6.03 Å². The van der Waals surface area contributed by atoms with Crippen LogP contribution in [-0.2, 0) is 9.59 Å². The largest absolute Gasteiger partial charge is 0.374 e. The van der Waals surface area contributed by atoms with Crippen molar-refractivity contribution in [2.45, 2.75) is 6.04 Å². The van der Waals surface area contributed by atoms with Crippen LogP contribution >= 0.6 is 11.3 Å². The van der Waals surface area contributed by atoms with E-state index in [4.69, 9.17) is 5.73 Å². The molecule has 0 aliphatic carbocycles. The lowest BCUT2D eigenvalue weighted by molar-refractivity contribution is -0.122. The Bertz CT molecular complexity index is 778. The Morgan fingerprint density at radius 2 is 2.08 bits per heavy atom. The highest BCUT2D eigenvalue weighted by Gasteiger charge is 2.29. The normalized spacial score (nSPS) is 15.2. The van der Waals surface area contributed by atoms with E-state index in [2.05, 4.69) is 20.8 Å². The molecular formula is C14H14N6O3S. The minimum Gasteiger partial charge on any atom is -0.374 e. The summed E-state index contributed by atoms with van der Waals surface area (Å²) < 4.78 is 0. The molecule has 1 aromatic carbocycles. The zero-order valence-electron chi connectivity index (χ0n) is 12.4. The summed E-state index contributed by atoms with van der Waals surface area (Å²) in [6.07, 6.45) is 0. The lowest BCUT2D eigenvalue weighted by atomic mass is 10.1. The highest BCUT2D eigenvalue weighted by molar-refractivity contribution is 7.15. The number of carbonyl (C=O) groups excluding carboxylic acids is 3. The molecule has 0 unspecified atom stereocenters. The van der Waals surface area contributed by atoms with E-state index >= 15 is 0 Å². The number of urea groups is 1. The van der Waals surface area contributed by atoms with Gasteiger partial charge in [0.25, 0.3) is 0 Å². The highest BCUT2D eigenvalue weighted by atomic mass is 32.1. The summed E-state index contributed by atoms with van der Waals surface area (Å²) in [4.78, 5) is 36.1. The van der Waals surface area contributed by atoms with Gasteiger partial charge in [-0.25, -0.2) is 4.79 Å². The standard InChI is InChI=1S/C14H14N6O3S/c15-13-19-18-12(24-13)11(8-4-2-1-3-5-8)16-9(21)6-20-7-10(22)17-14(20)23/h1-5,11H,6-7H2,(H2,15,19)(H,16,21)(H,17,22,23)/t11-/m1/s1. The molecule has 1 saturated heterocycles. The minimum atomic E-state index is -0.577. The molecule has 0 spiro atoms. The number of nitrogens with two attached hydrogens (primary N) is 1. The first-order valence-electron chi connectivity index (χ1n) is 7.05. The molecule has 10 heteroatoms. The summed E-state index contributed by atoms with van der Waals surface area (Å²) in [6, 6.07) is 8.11. The number of nitrogens with zero attached hydrogens (tertiary/aromatic N) is 3. The molecule has 4 N–H and O–H groups in total. The Morgan fingerprint density at radius 1 is 1.33 bits per heavy atom. The molecule has 3 rings (SSSR count). The molecule has 1 aliphatic rings. The molecule has 124 valence electrons. The van der Waals surface area contributed by atoms with Crippen molar-refractivity contribution in [1.82, 2.24) is 25.7 Å². The van der Waals surface area contributed by atoms with Crippen LogP contribution in [0.15, 0.2) is 30.3 Å². The van der Waals surface area contributed by atoms with Gasteiger partial charge in [0, 0.05) is 0 Å². The van der Waals surface area contributed by atoms with Crippen molar-refractivity contribution in [2.75, 3.05) is 18.8 Å². The highest BCUT2D eigenvalue weighted by Crippen LogP contribution is 2.25. The third-order valence-corrected chi connectivity index (χ3v) is 4.16. The molecule has 0 saturated carbocycles. The molecule has 0 radical (unpaired) electrons. The number of rotatable bonds is 5. The summed E-state index contributed by atoms with van der Waals surface area (Å²) >= 11 is 1.17. The van der Waals surface area contributed by atoms with E-state index in [1.165, 1.54) is 11.3 Å². The molecule has 2 aromatic rings. The number of imide groups is 1. The summed E-state index contributed by atoms with van der Waals surface area (Å²) in [5.74, 6) is -0.841. The van der Waals surface area contributed by atoms with Crippen LogP contribution in [0.25, 0.3) is 0 Å². The van der Waals surface area contributed by atoms with Gasteiger partial charge in [-0.2, -0.15) is 0 Å². The monoisotopic (exact) mass is 346 g/mol. The van der Waals surface area contributed by atoms with Crippen molar-refractivity contribution in [1.29, 1.82) is 0 Å². The second-order valence-electron chi connectivity index (χ2n) is 5.10. The molecule has 2 heterocycles. The maximum absolute atomic E-state index is 12.3. The predicted molar refractivity (Wildman–Crippen MR) is 85.9 cm³/mol.